The summed E-state index contributed by atoms with van der Waals surface area (Å²) in [6.07, 6.45) is 4.72. The highest BCUT2D eigenvalue weighted by Crippen LogP contribution is 2.18. The lowest BCUT2D eigenvalue weighted by atomic mass is 10.2. The molecular weight excluding hydrogens is 306 g/mol. The van der Waals surface area contributed by atoms with E-state index in [0.717, 1.165) is 5.56 Å². The predicted octanol–water partition coefficient (Wildman–Crippen LogP) is 2.68. The predicted molar refractivity (Wildman–Crippen MR) is 88.5 cm³/mol. The van der Waals surface area contributed by atoms with Gasteiger partial charge in [0, 0.05) is 23.2 Å². The zero-order valence-corrected chi connectivity index (χ0v) is 12.8. The smallest absolute Gasteiger partial charge is 0.250 e. The number of hydrogen-bond acceptors (Lipinski definition) is 5. The zero-order valence-electron chi connectivity index (χ0n) is 11.2. The molecule has 0 bridgehead atoms. The summed E-state index contributed by atoms with van der Waals surface area (Å²) >= 11 is 6.42. The number of benzene rings is 1. The van der Waals surface area contributed by atoms with Crippen LogP contribution in [0.5, 0.6) is 5.75 Å². The van der Waals surface area contributed by atoms with Crippen LogP contribution in [0.1, 0.15) is 5.56 Å². The van der Waals surface area contributed by atoms with Crippen LogP contribution in [0.4, 0.5) is 5.13 Å². The number of carbonyl (C=O) groups is 1. The van der Waals surface area contributed by atoms with Gasteiger partial charge in [-0.3, -0.25) is 10.1 Å². The molecule has 0 saturated heterocycles. The van der Waals surface area contributed by atoms with Crippen LogP contribution >= 0.6 is 23.6 Å². The van der Waals surface area contributed by atoms with Crippen molar-refractivity contribution in [3.63, 3.8) is 0 Å². The Morgan fingerprint density at radius 3 is 2.95 bits per heavy atom. The topological polar surface area (TPSA) is 63.2 Å². The fourth-order valence-electron chi connectivity index (χ4n) is 1.54. The van der Waals surface area contributed by atoms with Crippen molar-refractivity contribution in [2.75, 3.05) is 12.4 Å². The Morgan fingerprint density at radius 2 is 2.24 bits per heavy atom. The van der Waals surface area contributed by atoms with Crippen LogP contribution < -0.4 is 15.4 Å². The second-order valence-corrected chi connectivity index (χ2v) is 5.16. The lowest BCUT2D eigenvalue weighted by Crippen LogP contribution is -2.32. The van der Waals surface area contributed by atoms with E-state index in [4.69, 9.17) is 17.0 Å². The molecule has 0 aliphatic carbocycles. The van der Waals surface area contributed by atoms with E-state index in [2.05, 4.69) is 15.6 Å². The second-order valence-electron chi connectivity index (χ2n) is 3.86. The van der Waals surface area contributed by atoms with Crippen molar-refractivity contribution >= 4 is 45.8 Å². The maximum Gasteiger partial charge on any atom is 0.250 e. The first-order valence-corrected chi connectivity index (χ1v) is 7.30. The standard InChI is InChI=1S/C14H13N3O2S2/c1-19-11-5-3-2-4-10(11)6-7-12(18)16-13(20)17-14-15-8-9-21-14/h2-9H,1H3,(H2,15,16,17,18,20)/b7-6+. The van der Waals surface area contributed by atoms with E-state index < -0.39 is 0 Å². The van der Waals surface area contributed by atoms with E-state index in [1.165, 1.54) is 17.4 Å². The van der Waals surface area contributed by atoms with Gasteiger partial charge < -0.3 is 10.1 Å². The Kier molecular flexibility index (Phi) is 5.42. The molecular formula is C14H13N3O2S2. The van der Waals surface area contributed by atoms with Crippen molar-refractivity contribution in [1.82, 2.24) is 10.3 Å². The molecule has 0 atom stereocenters. The molecule has 0 aliphatic rings. The number of thiocarbonyl (C=S) groups is 1. The number of nitrogens with zero attached hydrogens (tertiary/aromatic N) is 1. The summed E-state index contributed by atoms with van der Waals surface area (Å²) in [4.78, 5) is 15.8. The number of ether oxygens (including phenoxy) is 1. The third-order valence-electron chi connectivity index (χ3n) is 2.44. The Morgan fingerprint density at radius 1 is 1.43 bits per heavy atom. The maximum absolute atomic E-state index is 11.8. The molecule has 0 unspecified atom stereocenters. The summed E-state index contributed by atoms with van der Waals surface area (Å²) < 4.78 is 5.20. The largest absolute Gasteiger partial charge is 0.496 e. The summed E-state index contributed by atoms with van der Waals surface area (Å²) in [5, 5.41) is 8.02. The lowest BCUT2D eigenvalue weighted by Gasteiger charge is -2.05. The first-order valence-electron chi connectivity index (χ1n) is 6.01. The monoisotopic (exact) mass is 319 g/mol. The van der Waals surface area contributed by atoms with Crippen LogP contribution in [0.2, 0.25) is 0 Å². The van der Waals surface area contributed by atoms with Crippen molar-refractivity contribution in [2.24, 2.45) is 0 Å². The third kappa shape index (κ3) is 4.66. The molecule has 0 saturated carbocycles. The van der Waals surface area contributed by atoms with Crippen LogP contribution in [0.3, 0.4) is 0 Å². The number of hydrogen-bond donors (Lipinski definition) is 2. The van der Waals surface area contributed by atoms with Crippen LogP contribution in [-0.4, -0.2) is 23.1 Å². The van der Waals surface area contributed by atoms with Gasteiger partial charge in [0.15, 0.2) is 10.2 Å². The number of nitrogens with one attached hydrogen (secondary N) is 2. The number of thiazole rings is 1. The van der Waals surface area contributed by atoms with Crippen molar-refractivity contribution in [3.8, 4) is 5.75 Å². The van der Waals surface area contributed by atoms with Gasteiger partial charge in [-0.15, -0.1) is 11.3 Å². The Balaban J connectivity index is 1.92. The highest BCUT2D eigenvalue weighted by atomic mass is 32.1. The Hall–Kier alpha value is -2.25. The van der Waals surface area contributed by atoms with Crippen LogP contribution in [0.25, 0.3) is 6.08 Å². The fourth-order valence-corrected chi connectivity index (χ4v) is 2.33. The first kappa shape index (κ1) is 15.1. The Bertz CT molecular complexity index is 654. The van der Waals surface area contributed by atoms with Crippen molar-refractivity contribution in [1.29, 1.82) is 0 Å². The molecule has 0 spiro atoms. The van der Waals surface area contributed by atoms with Crippen LogP contribution in [-0.2, 0) is 4.79 Å². The van der Waals surface area contributed by atoms with Gasteiger partial charge >= 0.3 is 0 Å². The quantitative estimate of drug-likeness (QED) is 0.670. The molecule has 0 fully saturated rings. The molecule has 108 valence electrons. The molecule has 1 aromatic heterocycles. The zero-order chi connectivity index (χ0) is 15.1. The summed E-state index contributed by atoms with van der Waals surface area (Å²) in [6, 6.07) is 7.42. The fraction of sp³-hybridized carbons (Fsp3) is 0.0714. The third-order valence-corrected chi connectivity index (χ3v) is 3.34. The van der Waals surface area contributed by atoms with E-state index >= 15 is 0 Å². The van der Waals surface area contributed by atoms with Gasteiger partial charge in [-0.1, -0.05) is 18.2 Å². The number of carbonyl (C=O) groups excluding carboxylic acids is 1. The minimum Gasteiger partial charge on any atom is -0.496 e. The normalized spacial score (nSPS) is 10.3. The number of rotatable bonds is 4. The average molecular weight is 319 g/mol. The SMILES string of the molecule is COc1ccccc1/C=C/C(=O)NC(=S)Nc1nccs1. The Labute approximate surface area is 131 Å². The molecule has 21 heavy (non-hydrogen) atoms. The second kappa shape index (κ2) is 7.51. The van der Waals surface area contributed by atoms with Gasteiger partial charge in [0.05, 0.1) is 7.11 Å². The lowest BCUT2D eigenvalue weighted by molar-refractivity contribution is -0.115. The van der Waals surface area contributed by atoms with Crippen molar-refractivity contribution in [2.45, 2.75) is 0 Å². The number of para-hydroxylation sites is 1. The average Bonchev–Trinajstić information content (AvgIpc) is 2.98. The van der Waals surface area contributed by atoms with Gasteiger partial charge in [0.1, 0.15) is 5.75 Å². The minimum atomic E-state index is -0.324. The van der Waals surface area contributed by atoms with Gasteiger partial charge in [0.2, 0.25) is 5.91 Å². The number of amides is 1. The number of anilines is 1. The van der Waals surface area contributed by atoms with E-state index in [9.17, 15) is 4.79 Å². The summed E-state index contributed by atoms with van der Waals surface area (Å²) in [5.74, 6) is 0.375. The molecule has 1 aromatic carbocycles. The van der Waals surface area contributed by atoms with Gasteiger partial charge in [0.25, 0.3) is 0 Å². The van der Waals surface area contributed by atoms with E-state index in [1.807, 2.05) is 29.6 Å². The van der Waals surface area contributed by atoms with E-state index in [0.29, 0.717) is 10.9 Å². The van der Waals surface area contributed by atoms with E-state index in [-0.39, 0.29) is 11.0 Å². The van der Waals surface area contributed by atoms with Gasteiger partial charge in [-0.05, 0) is 24.4 Å². The first-order chi connectivity index (χ1) is 10.2. The molecule has 5 nitrogen and oxygen atoms in total. The summed E-state index contributed by atoms with van der Waals surface area (Å²) in [7, 11) is 1.58. The van der Waals surface area contributed by atoms with Crippen LogP contribution in [0.15, 0.2) is 41.9 Å². The van der Waals surface area contributed by atoms with Gasteiger partial charge in [-0.2, -0.15) is 0 Å². The summed E-state index contributed by atoms with van der Waals surface area (Å²) in [5.41, 5.74) is 0.814. The van der Waals surface area contributed by atoms with E-state index in [1.54, 1.807) is 19.4 Å². The molecule has 2 aromatic rings. The highest BCUT2D eigenvalue weighted by Gasteiger charge is 2.03. The number of aromatic nitrogens is 1. The van der Waals surface area contributed by atoms with Crippen molar-refractivity contribution < 1.29 is 9.53 Å². The van der Waals surface area contributed by atoms with Gasteiger partial charge in [-0.25, -0.2) is 4.98 Å². The molecule has 2 N–H and O–H groups in total. The molecule has 1 heterocycles. The number of methoxy groups -OCH3 is 1. The molecule has 2 rings (SSSR count). The molecule has 7 heteroatoms. The minimum absolute atomic E-state index is 0.208. The highest BCUT2D eigenvalue weighted by molar-refractivity contribution is 7.80. The molecule has 1 amide bonds. The van der Waals surface area contributed by atoms with Crippen LogP contribution in [0, 0.1) is 0 Å². The molecule has 0 aliphatic heterocycles. The summed E-state index contributed by atoms with van der Waals surface area (Å²) in [6.45, 7) is 0. The maximum atomic E-state index is 11.8. The molecule has 0 radical (unpaired) electrons. The van der Waals surface area contributed by atoms with Crippen molar-refractivity contribution in [3.05, 3.63) is 47.5 Å².